The standard InChI is InChI=1S/C16H13NO3S2/c1-10(18)13-8-7-12(20-13)9-14-15(19)17(16(21)22-14)11-5-3-2-4-6-11/h2-7,9,13H,8H2,1H3/b14-9+. The highest BCUT2D eigenvalue weighted by molar-refractivity contribution is 8.27. The summed E-state index contributed by atoms with van der Waals surface area (Å²) in [5.41, 5.74) is 0.747. The van der Waals surface area contributed by atoms with Gasteiger partial charge in [0.05, 0.1) is 10.6 Å². The molecule has 1 aromatic carbocycles. The molecule has 1 atom stereocenters. The third-order valence-electron chi connectivity index (χ3n) is 3.35. The summed E-state index contributed by atoms with van der Waals surface area (Å²) in [4.78, 5) is 25.8. The van der Waals surface area contributed by atoms with Crippen LogP contribution >= 0.6 is 24.0 Å². The molecule has 3 rings (SSSR count). The third kappa shape index (κ3) is 2.84. The number of para-hydroxylation sites is 1. The van der Waals surface area contributed by atoms with Crippen LogP contribution in [0.3, 0.4) is 0 Å². The molecule has 0 spiro atoms. The molecular formula is C16H13NO3S2. The molecule has 0 N–H and O–H groups in total. The first-order chi connectivity index (χ1) is 10.6. The monoisotopic (exact) mass is 331 g/mol. The Balaban J connectivity index is 1.80. The second-order valence-electron chi connectivity index (χ2n) is 4.91. The molecule has 0 aliphatic carbocycles. The summed E-state index contributed by atoms with van der Waals surface area (Å²) in [6.45, 7) is 1.50. The van der Waals surface area contributed by atoms with Crippen molar-refractivity contribution in [2.24, 2.45) is 0 Å². The smallest absolute Gasteiger partial charge is 0.270 e. The number of hydrogen-bond acceptors (Lipinski definition) is 5. The van der Waals surface area contributed by atoms with Crippen LogP contribution in [0.1, 0.15) is 13.3 Å². The summed E-state index contributed by atoms with van der Waals surface area (Å²) < 4.78 is 6.01. The zero-order valence-corrected chi connectivity index (χ0v) is 13.4. The molecule has 1 fully saturated rings. The molecule has 1 amide bonds. The number of ketones is 1. The lowest BCUT2D eigenvalue weighted by atomic mass is 10.2. The van der Waals surface area contributed by atoms with Gasteiger partial charge < -0.3 is 4.74 Å². The maximum atomic E-state index is 12.5. The first-order valence-electron chi connectivity index (χ1n) is 6.76. The molecule has 0 bridgehead atoms. The Morgan fingerprint density at radius 2 is 2.14 bits per heavy atom. The van der Waals surface area contributed by atoms with E-state index in [0.717, 1.165) is 5.69 Å². The summed E-state index contributed by atoms with van der Waals surface area (Å²) in [5.74, 6) is 0.363. The van der Waals surface area contributed by atoms with Crippen molar-refractivity contribution in [1.82, 2.24) is 0 Å². The molecule has 2 aliphatic rings. The number of rotatable bonds is 3. The van der Waals surface area contributed by atoms with Crippen molar-refractivity contribution >= 4 is 45.7 Å². The summed E-state index contributed by atoms with van der Waals surface area (Å²) in [6, 6.07) is 9.28. The summed E-state index contributed by atoms with van der Waals surface area (Å²) in [7, 11) is 0. The van der Waals surface area contributed by atoms with E-state index in [2.05, 4.69) is 0 Å². The van der Waals surface area contributed by atoms with Crippen LogP contribution in [0.2, 0.25) is 0 Å². The zero-order valence-electron chi connectivity index (χ0n) is 11.8. The molecule has 22 heavy (non-hydrogen) atoms. The number of allylic oxidation sites excluding steroid dienone is 1. The van der Waals surface area contributed by atoms with Crippen LogP contribution in [0.15, 0.2) is 53.1 Å². The van der Waals surface area contributed by atoms with Crippen LogP contribution < -0.4 is 4.90 Å². The van der Waals surface area contributed by atoms with E-state index in [9.17, 15) is 9.59 Å². The average Bonchev–Trinajstić information content (AvgIpc) is 3.06. The fraction of sp³-hybridized carbons (Fsp3) is 0.188. The van der Waals surface area contributed by atoms with Gasteiger partial charge in [-0.25, -0.2) is 0 Å². The number of thiocarbonyl (C=S) groups is 1. The number of ether oxygens (including phenoxy) is 1. The maximum absolute atomic E-state index is 12.5. The molecule has 6 heteroatoms. The number of nitrogens with zero attached hydrogens (tertiary/aromatic N) is 1. The van der Waals surface area contributed by atoms with Gasteiger partial charge in [0.2, 0.25) is 0 Å². The van der Waals surface area contributed by atoms with E-state index in [1.807, 2.05) is 36.4 Å². The lowest BCUT2D eigenvalue weighted by Crippen LogP contribution is -2.27. The van der Waals surface area contributed by atoms with Crippen LogP contribution in [0, 0.1) is 0 Å². The topological polar surface area (TPSA) is 46.6 Å². The average molecular weight is 331 g/mol. The van der Waals surface area contributed by atoms with Crippen LogP contribution in [-0.4, -0.2) is 22.1 Å². The van der Waals surface area contributed by atoms with Crippen LogP contribution in [0.25, 0.3) is 0 Å². The summed E-state index contributed by atoms with van der Waals surface area (Å²) in [5, 5.41) is 0. The van der Waals surface area contributed by atoms with E-state index in [0.29, 0.717) is 21.4 Å². The van der Waals surface area contributed by atoms with Crippen molar-refractivity contribution < 1.29 is 14.3 Å². The highest BCUT2D eigenvalue weighted by Crippen LogP contribution is 2.36. The Morgan fingerprint density at radius 1 is 1.41 bits per heavy atom. The quantitative estimate of drug-likeness (QED) is 0.629. The van der Waals surface area contributed by atoms with E-state index in [4.69, 9.17) is 17.0 Å². The molecule has 1 aromatic rings. The van der Waals surface area contributed by atoms with Gasteiger partial charge in [0.25, 0.3) is 5.91 Å². The van der Waals surface area contributed by atoms with Gasteiger partial charge in [-0.1, -0.05) is 42.2 Å². The minimum atomic E-state index is -0.439. The Labute approximate surface area is 137 Å². The molecule has 2 heterocycles. The van der Waals surface area contributed by atoms with Gasteiger partial charge in [-0.2, -0.15) is 0 Å². The number of Topliss-reactive ketones (excluding diaryl/α,β-unsaturated/α-hetero) is 1. The first-order valence-corrected chi connectivity index (χ1v) is 7.99. The minimum Gasteiger partial charge on any atom is -0.483 e. The molecular weight excluding hydrogens is 318 g/mol. The molecule has 0 aromatic heterocycles. The SMILES string of the molecule is CC(=O)C1CC=C(/C=C2/SC(=S)N(c3ccccc3)C2=O)O1. The van der Waals surface area contributed by atoms with Gasteiger partial charge >= 0.3 is 0 Å². The van der Waals surface area contributed by atoms with E-state index in [1.54, 1.807) is 6.08 Å². The highest BCUT2D eigenvalue weighted by atomic mass is 32.2. The van der Waals surface area contributed by atoms with Gasteiger partial charge in [0.15, 0.2) is 16.2 Å². The third-order valence-corrected chi connectivity index (χ3v) is 4.65. The van der Waals surface area contributed by atoms with Crippen molar-refractivity contribution in [2.75, 3.05) is 4.90 Å². The normalized spacial score (nSPS) is 23.0. The fourth-order valence-corrected chi connectivity index (χ4v) is 3.50. The van der Waals surface area contributed by atoms with Crippen LogP contribution in [0.4, 0.5) is 5.69 Å². The van der Waals surface area contributed by atoms with Crippen molar-refractivity contribution in [1.29, 1.82) is 0 Å². The molecule has 2 aliphatic heterocycles. The van der Waals surface area contributed by atoms with E-state index >= 15 is 0 Å². The minimum absolute atomic E-state index is 0.0171. The van der Waals surface area contributed by atoms with Crippen molar-refractivity contribution in [2.45, 2.75) is 19.4 Å². The number of anilines is 1. The Morgan fingerprint density at radius 3 is 2.77 bits per heavy atom. The van der Waals surface area contributed by atoms with Crippen LogP contribution in [0.5, 0.6) is 0 Å². The predicted octanol–water partition coefficient (Wildman–Crippen LogP) is 3.20. The first kappa shape index (κ1) is 15.0. The Bertz CT molecular complexity index is 709. The number of carbonyl (C=O) groups excluding carboxylic acids is 2. The van der Waals surface area contributed by atoms with Crippen molar-refractivity contribution in [3.63, 3.8) is 0 Å². The molecule has 0 radical (unpaired) electrons. The highest BCUT2D eigenvalue weighted by Gasteiger charge is 2.34. The molecule has 112 valence electrons. The van der Waals surface area contributed by atoms with E-state index in [-0.39, 0.29) is 11.7 Å². The number of thioether (sulfide) groups is 1. The lowest BCUT2D eigenvalue weighted by Gasteiger charge is -2.13. The van der Waals surface area contributed by atoms with E-state index in [1.165, 1.54) is 23.6 Å². The lowest BCUT2D eigenvalue weighted by molar-refractivity contribution is -0.124. The molecule has 0 saturated carbocycles. The molecule has 1 saturated heterocycles. The van der Waals surface area contributed by atoms with Crippen molar-refractivity contribution in [3.05, 3.63) is 53.1 Å². The van der Waals surface area contributed by atoms with Crippen molar-refractivity contribution in [3.8, 4) is 0 Å². The summed E-state index contributed by atoms with van der Waals surface area (Å²) >= 11 is 6.53. The van der Waals surface area contributed by atoms with E-state index < -0.39 is 6.10 Å². The largest absolute Gasteiger partial charge is 0.483 e. The molecule has 4 nitrogen and oxygen atoms in total. The predicted molar refractivity (Wildman–Crippen MR) is 90.5 cm³/mol. The number of hydrogen-bond donors (Lipinski definition) is 0. The van der Waals surface area contributed by atoms with Gasteiger partial charge in [0, 0.05) is 6.42 Å². The molecule has 1 unspecified atom stereocenters. The number of carbonyl (C=O) groups is 2. The summed E-state index contributed by atoms with van der Waals surface area (Å²) in [6.07, 6.45) is 3.58. The number of benzene rings is 1. The van der Waals surface area contributed by atoms with Gasteiger partial charge in [-0.05, 0) is 31.2 Å². The Hall–Kier alpha value is -1.92. The zero-order chi connectivity index (χ0) is 15.7. The van der Waals surface area contributed by atoms with Gasteiger partial charge in [0.1, 0.15) is 5.76 Å². The second-order valence-corrected chi connectivity index (χ2v) is 6.59. The number of amides is 1. The fourth-order valence-electron chi connectivity index (χ4n) is 2.22. The van der Waals surface area contributed by atoms with Gasteiger partial charge in [-0.15, -0.1) is 0 Å². The maximum Gasteiger partial charge on any atom is 0.270 e. The van der Waals surface area contributed by atoms with Crippen LogP contribution in [-0.2, 0) is 14.3 Å². The Kier molecular flexibility index (Phi) is 4.13. The van der Waals surface area contributed by atoms with Gasteiger partial charge in [-0.3, -0.25) is 14.5 Å². The second kappa shape index (κ2) is 6.06.